The smallest absolute Gasteiger partial charge is 0.302 e. The Hall–Kier alpha value is -1.83. The first-order valence-corrected chi connectivity index (χ1v) is 8.10. The van der Waals surface area contributed by atoms with Gasteiger partial charge in [-0.15, -0.1) is 3.89 Å². The van der Waals surface area contributed by atoms with Gasteiger partial charge >= 0.3 is 10.2 Å². The highest BCUT2D eigenvalue weighted by atomic mass is 32.3. The van der Waals surface area contributed by atoms with Crippen LogP contribution in [0.2, 0.25) is 0 Å². The highest BCUT2D eigenvalue weighted by Gasteiger charge is 2.34. The van der Waals surface area contributed by atoms with Crippen molar-refractivity contribution in [2.45, 2.75) is 6.42 Å². The Labute approximate surface area is 121 Å². The van der Waals surface area contributed by atoms with Crippen LogP contribution in [0.25, 0.3) is 0 Å². The van der Waals surface area contributed by atoms with E-state index in [1.807, 2.05) is 0 Å². The van der Waals surface area contributed by atoms with Crippen LogP contribution in [0.5, 0.6) is 11.5 Å². The number of fused-ring (bicyclic) bond motifs is 1. The number of carbonyl (C=O) groups is 1. The van der Waals surface area contributed by atoms with Gasteiger partial charge in [-0.05, 0) is 12.1 Å². The van der Waals surface area contributed by atoms with Crippen LogP contribution in [-0.2, 0) is 15.0 Å². The summed E-state index contributed by atoms with van der Waals surface area (Å²) in [6, 6.07) is 5.09. The van der Waals surface area contributed by atoms with Crippen molar-refractivity contribution in [2.75, 3.05) is 30.4 Å². The number of halogens is 1. The van der Waals surface area contributed by atoms with Gasteiger partial charge in [-0.1, -0.05) is 0 Å². The molecule has 2 heterocycles. The second-order valence-electron chi connectivity index (χ2n) is 5.11. The van der Waals surface area contributed by atoms with E-state index in [0.29, 0.717) is 30.4 Å². The zero-order chi connectivity index (χ0) is 15.0. The molecule has 0 N–H and O–H groups in total. The molecule has 1 atom stereocenters. The Morgan fingerprint density at radius 2 is 1.95 bits per heavy atom. The molecule has 1 fully saturated rings. The minimum Gasteiger partial charge on any atom is -0.486 e. The summed E-state index contributed by atoms with van der Waals surface area (Å²) in [5, 5.41) is 0. The van der Waals surface area contributed by atoms with Crippen molar-refractivity contribution in [3.63, 3.8) is 0 Å². The lowest BCUT2D eigenvalue weighted by atomic mass is 10.1. The molecule has 1 amide bonds. The maximum atomic E-state index is 12.7. The minimum atomic E-state index is -4.57. The van der Waals surface area contributed by atoms with E-state index in [1.165, 1.54) is 4.90 Å². The fourth-order valence-electron chi connectivity index (χ4n) is 2.62. The lowest BCUT2D eigenvalue weighted by Gasteiger charge is -2.22. The summed E-state index contributed by atoms with van der Waals surface area (Å²) >= 11 is 0. The predicted molar refractivity (Wildman–Crippen MR) is 72.8 cm³/mol. The Morgan fingerprint density at radius 1 is 1.24 bits per heavy atom. The summed E-state index contributed by atoms with van der Waals surface area (Å²) in [7, 11) is -4.57. The molecule has 8 heteroatoms. The molecule has 0 bridgehead atoms. The van der Waals surface area contributed by atoms with Gasteiger partial charge in [-0.2, -0.15) is 8.42 Å². The molecular weight excluding hydrogens is 301 g/mol. The molecule has 0 saturated carbocycles. The topological polar surface area (TPSA) is 72.9 Å². The Morgan fingerprint density at radius 3 is 2.67 bits per heavy atom. The lowest BCUT2D eigenvalue weighted by molar-refractivity contribution is -0.117. The molecular formula is C13H14FNO5S. The van der Waals surface area contributed by atoms with Crippen molar-refractivity contribution in [3.8, 4) is 11.5 Å². The molecule has 114 valence electrons. The molecule has 1 aromatic rings. The molecule has 2 aliphatic rings. The van der Waals surface area contributed by atoms with Crippen molar-refractivity contribution in [1.29, 1.82) is 0 Å². The zero-order valence-electron chi connectivity index (χ0n) is 11.1. The van der Waals surface area contributed by atoms with E-state index in [2.05, 4.69) is 0 Å². The number of carbonyl (C=O) groups excluding carboxylic acids is 1. The average Bonchev–Trinajstić information content (AvgIpc) is 2.76. The Balaban J connectivity index is 1.79. The van der Waals surface area contributed by atoms with Gasteiger partial charge in [0, 0.05) is 30.6 Å². The normalized spacial score (nSPS) is 21.7. The molecule has 0 aliphatic carbocycles. The van der Waals surface area contributed by atoms with Gasteiger partial charge in [0.25, 0.3) is 0 Å². The fourth-order valence-corrected chi connectivity index (χ4v) is 3.41. The number of hydrogen-bond donors (Lipinski definition) is 0. The van der Waals surface area contributed by atoms with Crippen LogP contribution in [-0.4, -0.2) is 39.8 Å². The van der Waals surface area contributed by atoms with Crippen molar-refractivity contribution in [3.05, 3.63) is 18.2 Å². The number of anilines is 1. The summed E-state index contributed by atoms with van der Waals surface area (Å²) < 4.78 is 45.0. The van der Waals surface area contributed by atoms with Crippen molar-refractivity contribution < 1.29 is 26.6 Å². The summed E-state index contributed by atoms with van der Waals surface area (Å²) in [5.41, 5.74) is 0.600. The average molecular weight is 315 g/mol. The van der Waals surface area contributed by atoms with E-state index in [4.69, 9.17) is 9.47 Å². The predicted octanol–water partition coefficient (Wildman–Crippen LogP) is 1.11. The number of benzene rings is 1. The summed E-state index contributed by atoms with van der Waals surface area (Å²) in [4.78, 5) is 13.4. The quantitative estimate of drug-likeness (QED) is 0.781. The van der Waals surface area contributed by atoms with E-state index >= 15 is 0 Å². The van der Waals surface area contributed by atoms with Crippen LogP contribution in [0.4, 0.5) is 9.57 Å². The van der Waals surface area contributed by atoms with Crippen LogP contribution < -0.4 is 14.4 Å². The second-order valence-corrected chi connectivity index (χ2v) is 6.52. The third kappa shape index (κ3) is 3.10. The van der Waals surface area contributed by atoms with Gasteiger partial charge in [-0.25, -0.2) is 0 Å². The van der Waals surface area contributed by atoms with E-state index in [0.717, 1.165) is 0 Å². The first-order chi connectivity index (χ1) is 9.92. The van der Waals surface area contributed by atoms with Crippen molar-refractivity contribution >= 4 is 21.8 Å². The van der Waals surface area contributed by atoms with Crippen LogP contribution in [0, 0.1) is 5.92 Å². The minimum absolute atomic E-state index is 0.0254. The lowest BCUT2D eigenvalue weighted by Crippen LogP contribution is -2.25. The molecule has 2 aliphatic heterocycles. The molecule has 1 unspecified atom stereocenters. The van der Waals surface area contributed by atoms with Crippen LogP contribution in [0.1, 0.15) is 6.42 Å². The molecule has 6 nitrogen and oxygen atoms in total. The van der Waals surface area contributed by atoms with Crippen LogP contribution >= 0.6 is 0 Å². The van der Waals surface area contributed by atoms with Gasteiger partial charge in [0.05, 0.1) is 5.75 Å². The third-order valence-corrected chi connectivity index (χ3v) is 4.35. The van der Waals surface area contributed by atoms with E-state index in [9.17, 15) is 17.1 Å². The van der Waals surface area contributed by atoms with E-state index in [-0.39, 0.29) is 18.9 Å². The maximum absolute atomic E-state index is 12.7. The molecule has 0 aromatic heterocycles. The van der Waals surface area contributed by atoms with E-state index in [1.54, 1.807) is 18.2 Å². The van der Waals surface area contributed by atoms with Gasteiger partial charge in [0.1, 0.15) is 13.2 Å². The van der Waals surface area contributed by atoms with E-state index < -0.39 is 21.9 Å². The third-order valence-electron chi connectivity index (χ3n) is 3.48. The van der Waals surface area contributed by atoms with Crippen molar-refractivity contribution in [2.24, 2.45) is 5.92 Å². The number of nitrogens with zero attached hydrogens (tertiary/aromatic N) is 1. The van der Waals surface area contributed by atoms with Gasteiger partial charge in [0.2, 0.25) is 5.91 Å². The first kappa shape index (κ1) is 14.1. The SMILES string of the molecule is O=C1CC(CS(=O)(=O)F)CN1c1ccc2c(c1)OCCO2. The standard InChI is InChI=1S/C13H14FNO5S/c14-21(17,18)8-9-5-13(16)15(7-9)10-1-2-11-12(6-10)20-4-3-19-11/h1-2,6,9H,3-5,7-8H2. The van der Waals surface area contributed by atoms with Crippen LogP contribution in [0.15, 0.2) is 18.2 Å². The maximum Gasteiger partial charge on any atom is 0.302 e. The van der Waals surface area contributed by atoms with Gasteiger partial charge in [-0.3, -0.25) is 4.79 Å². The monoisotopic (exact) mass is 315 g/mol. The summed E-state index contributed by atoms with van der Waals surface area (Å²) in [5.74, 6) is -0.214. The zero-order valence-corrected chi connectivity index (χ0v) is 11.9. The summed E-state index contributed by atoms with van der Waals surface area (Å²) in [6.45, 7) is 1.10. The second kappa shape index (κ2) is 5.18. The molecule has 0 radical (unpaired) electrons. The molecule has 1 saturated heterocycles. The number of hydrogen-bond acceptors (Lipinski definition) is 5. The molecule has 3 rings (SSSR count). The van der Waals surface area contributed by atoms with Gasteiger partial charge < -0.3 is 14.4 Å². The molecule has 21 heavy (non-hydrogen) atoms. The Bertz CT molecular complexity index is 675. The molecule has 1 aromatic carbocycles. The fraction of sp³-hybridized carbons (Fsp3) is 0.462. The molecule has 0 spiro atoms. The summed E-state index contributed by atoms with van der Waals surface area (Å²) in [6.07, 6.45) is 0.0254. The number of ether oxygens (including phenoxy) is 2. The number of rotatable bonds is 3. The first-order valence-electron chi connectivity index (χ1n) is 6.55. The van der Waals surface area contributed by atoms with Gasteiger partial charge in [0.15, 0.2) is 11.5 Å². The highest BCUT2D eigenvalue weighted by Crippen LogP contribution is 2.36. The van der Waals surface area contributed by atoms with Crippen LogP contribution in [0.3, 0.4) is 0 Å². The van der Waals surface area contributed by atoms with Crippen molar-refractivity contribution in [1.82, 2.24) is 0 Å². The highest BCUT2D eigenvalue weighted by molar-refractivity contribution is 7.86. The number of amides is 1. The Kier molecular flexibility index (Phi) is 3.48. The largest absolute Gasteiger partial charge is 0.486 e.